The van der Waals surface area contributed by atoms with Crippen LogP contribution in [0.15, 0.2) is 12.7 Å². The summed E-state index contributed by atoms with van der Waals surface area (Å²) in [6.07, 6.45) is 3.76. The normalized spacial score (nSPS) is 25.3. The maximum absolute atomic E-state index is 8.73. The van der Waals surface area contributed by atoms with Crippen molar-refractivity contribution in [1.82, 2.24) is 9.80 Å². The van der Waals surface area contributed by atoms with E-state index in [1.165, 1.54) is 6.42 Å². The highest BCUT2D eigenvalue weighted by Crippen LogP contribution is 2.10. The van der Waals surface area contributed by atoms with Gasteiger partial charge in [0.1, 0.15) is 0 Å². The molecule has 1 heterocycles. The third kappa shape index (κ3) is 3.13. The van der Waals surface area contributed by atoms with Crippen molar-refractivity contribution in [1.29, 1.82) is 5.26 Å². The third-order valence-electron chi connectivity index (χ3n) is 2.79. The van der Waals surface area contributed by atoms with E-state index in [1.54, 1.807) is 0 Å². The van der Waals surface area contributed by atoms with Crippen LogP contribution in [0.1, 0.15) is 12.8 Å². The average Bonchev–Trinajstić information content (AvgIpc) is 2.31. The molecule has 1 aliphatic heterocycles. The maximum atomic E-state index is 8.73. The van der Waals surface area contributed by atoms with Crippen LogP contribution in [-0.4, -0.2) is 49.1 Å². The van der Waals surface area contributed by atoms with Crippen molar-refractivity contribution in [2.75, 3.05) is 33.2 Å². The molecule has 14 heavy (non-hydrogen) atoms. The fourth-order valence-electron chi connectivity index (χ4n) is 1.93. The molecule has 0 aromatic heterocycles. The van der Waals surface area contributed by atoms with Crippen LogP contribution in [0.25, 0.3) is 0 Å². The summed E-state index contributed by atoms with van der Waals surface area (Å²) in [7, 11) is 2.11. The molecule has 1 saturated heterocycles. The van der Waals surface area contributed by atoms with E-state index < -0.39 is 0 Å². The van der Waals surface area contributed by atoms with Crippen LogP contribution in [-0.2, 0) is 0 Å². The molecule has 78 valence electrons. The van der Waals surface area contributed by atoms with E-state index in [0.29, 0.717) is 12.5 Å². The van der Waals surface area contributed by atoms with E-state index in [4.69, 9.17) is 5.26 Å². The Bertz CT molecular complexity index is 219. The van der Waals surface area contributed by atoms with Crippen LogP contribution in [0, 0.1) is 11.3 Å². The molecule has 0 saturated carbocycles. The first kappa shape index (κ1) is 11.2. The summed E-state index contributed by atoms with van der Waals surface area (Å²) in [5.41, 5.74) is 0. The summed E-state index contributed by atoms with van der Waals surface area (Å²) in [6, 6.07) is 2.66. The molecule has 0 spiro atoms. The van der Waals surface area contributed by atoms with Crippen molar-refractivity contribution < 1.29 is 0 Å². The first-order chi connectivity index (χ1) is 6.77. The number of nitrogens with zero attached hydrogens (tertiary/aromatic N) is 3. The molecule has 0 amide bonds. The van der Waals surface area contributed by atoms with Crippen LogP contribution in [0.2, 0.25) is 0 Å². The van der Waals surface area contributed by atoms with Gasteiger partial charge in [-0.3, -0.25) is 4.90 Å². The summed E-state index contributed by atoms with van der Waals surface area (Å²) in [6.45, 7) is 7.91. The number of nitriles is 1. The van der Waals surface area contributed by atoms with Gasteiger partial charge in [0.25, 0.3) is 0 Å². The smallest absolute Gasteiger partial charge is 0.0638 e. The zero-order valence-electron chi connectivity index (χ0n) is 8.95. The predicted octanol–water partition coefficient (Wildman–Crippen LogP) is 1.09. The van der Waals surface area contributed by atoms with Crippen molar-refractivity contribution in [3.8, 4) is 6.07 Å². The third-order valence-corrected chi connectivity index (χ3v) is 2.79. The highest BCUT2D eigenvalue weighted by molar-refractivity contribution is 4.87. The summed E-state index contributed by atoms with van der Waals surface area (Å²) in [5.74, 6) is 0. The molecule has 3 heteroatoms. The first-order valence-corrected chi connectivity index (χ1v) is 5.18. The van der Waals surface area contributed by atoms with Crippen LogP contribution >= 0.6 is 0 Å². The van der Waals surface area contributed by atoms with Crippen LogP contribution in [0.4, 0.5) is 0 Å². The molecule has 0 N–H and O–H groups in total. The fourth-order valence-corrected chi connectivity index (χ4v) is 1.93. The number of hydrogen-bond acceptors (Lipinski definition) is 3. The first-order valence-electron chi connectivity index (χ1n) is 5.18. The largest absolute Gasteiger partial charge is 0.301 e. The van der Waals surface area contributed by atoms with Gasteiger partial charge in [-0.1, -0.05) is 6.08 Å². The Kier molecular flexibility index (Phi) is 4.64. The molecule has 3 nitrogen and oxygen atoms in total. The Morgan fingerprint density at radius 3 is 3.00 bits per heavy atom. The van der Waals surface area contributed by atoms with Gasteiger partial charge >= 0.3 is 0 Å². The van der Waals surface area contributed by atoms with Crippen LogP contribution in [0.3, 0.4) is 0 Å². The number of rotatable bonds is 3. The van der Waals surface area contributed by atoms with Crippen molar-refractivity contribution >= 4 is 0 Å². The van der Waals surface area contributed by atoms with E-state index in [-0.39, 0.29) is 0 Å². The molecule has 1 unspecified atom stereocenters. The van der Waals surface area contributed by atoms with E-state index in [0.717, 1.165) is 26.2 Å². The van der Waals surface area contributed by atoms with E-state index >= 15 is 0 Å². The monoisotopic (exact) mass is 193 g/mol. The maximum Gasteiger partial charge on any atom is 0.0638 e. The molecule has 0 aliphatic carbocycles. The minimum atomic E-state index is 0.391. The minimum Gasteiger partial charge on any atom is -0.301 e. The molecular formula is C11H19N3. The van der Waals surface area contributed by atoms with E-state index in [1.807, 2.05) is 6.08 Å². The molecule has 0 radical (unpaired) electrons. The van der Waals surface area contributed by atoms with Gasteiger partial charge in [0.05, 0.1) is 12.5 Å². The standard InChI is InChI=1S/C11H19N3/c1-3-7-14-9-4-8-13(2)11(10-14)5-6-12/h3,11H,1,4-5,7-10H2,2H3. The van der Waals surface area contributed by atoms with Gasteiger partial charge in [-0.15, -0.1) is 6.58 Å². The van der Waals surface area contributed by atoms with Gasteiger partial charge in [-0.2, -0.15) is 5.26 Å². The Hall–Kier alpha value is -0.850. The zero-order valence-corrected chi connectivity index (χ0v) is 8.95. The molecule has 0 aromatic rings. The van der Waals surface area contributed by atoms with Gasteiger partial charge < -0.3 is 4.90 Å². The van der Waals surface area contributed by atoms with Gasteiger partial charge in [0.2, 0.25) is 0 Å². The number of likely N-dealkylation sites (N-methyl/N-ethyl adjacent to an activating group) is 1. The Morgan fingerprint density at radius 2 is 2.36 bits per heavy atom. The van der Waals surface area contributed by atoms with E-state index in [9.17, 15) is 0 Å². The average molecular weight is 193 g/mol. The summed E-state index contributed by atoms with van der Waals surface area (Å²) < 4.78 is 0. The molecule has 1 fully saturated rings. The lowest BCUT2D eigenvalue weighted by molar-refractivity contribution is 0.220. The molecule has 1 aliphatic rings. The zero-order chi connectivity index (χ0) is 10.4. The van der Waals surface area contributed by atoms with Gasteiger partial charge in [0, 0.05) is 19.1 Å². The topological polar surface area (TPSA) is 30.3 Å². The summed E-state index contributed by atoms with van der Waals surface area (Å²) in [5, 5.41) is 8.73. The van der Waals surface area contributed by atoms with Crippen molar-refractivity contribution in [3.05, 3.63) is 12.7 Å². The van der Waals surface area contributed by atoms with Crippen molar-refractivity contribution in [2.45, 2.75) is 18.9 Å². The highest BCUT2D eigenvalue weighted by Gasteiger charge is 2.20. The Labute approximate surface area is 86.6 Å². The number of hydrogen-bond donors (Lipinski definition) is 0. The lowest BCUT2D eigenvalue weighted by atomic mass is 10.2. The molecule has 0 aromatic carbocycles. The second-order valence-corrected chi connectivity index (χ2v) is 3.90. The van der Waals surface area contributed by atoms with Gasteiger partial charge in [-0.05, 0) is 26.6 Å². The lowest BCUT2D eigenvalue weighted by Crippen LogP contribution is -2.38. The summed E-state index contributed by atoms with van der Waals surface area (Å²) >= 11 is 0. The lowest BCUT2D eigenvalue weighted by Gasteiger charge is -2.26. The van der Waals surface area contributed by atoms with Crippen molar-refractivity contribution in [3.63, 3.8) is 0 Å². The van der Waals surface area contributed by atoms with Crippen LogP contribution < -0.4 is 0 Å². The van der Waals surface area contributed by atoms with E-state index in [2.05, 4.69) is 29.5 Å². The fraction of sp³-hybridized carbons (Fsp3) is 0.727. The quantitative estimate of drug-likeness (QED) is 0.629. The Balaban J connectivity index is 2.53. The molecular weight excluding hydrogens is 174 g/mol. The predicted molar refractivity (Wildman–Crippen MR) is 57.9 cm³/mol. The van der Waals surface area contributed by atoms with Gasteiger partial charge in [0.15, 0.2) is 0 Å². The molecule has 1 atom stereocenters. The SMILES string of the molecule is C=CCN1CCCN(C)C(CC#N)C1. The molecule has 0 bridgehead atoms. The van der Waals surface area contributed by atoms with Gasteiger partial charge in [-0.25, -0.2) is 0 Å². The summed E-state index contributed by atoms with van der Waals surface area (Å²) in [4.78, 5) is 4.67. The molecule has 1 rings (SSSR count). The minimum absolute atomic E-state index is 0.391. The van der Waals surface area contributed by atoms with Crippen molar-refractivity contribution in [2.24, 2.45) is 0 Å². The highest BCUT2D eigenvalue weighted by atomic mass is 15.2. The second kappa shape index (κ2) is 5.79. The second-order valence-electron chi connectivity index (χ2n) is 3.90. The Morgan fingerprint density at radius 1 is 1.57 bits per heavy atom. The van der Waals surface area contributed by atoms with Crippen LogP contribution in [0.5, 0.6) is 0 Å².